The standard InChI is InChI=1S/C13H17FN4O/c1-3-4-5-16-12-11-8(6-10(15)18-12)9(14)7-17-13(11)19-2/h6-7H,3-5H2,1-2H3,(H3,15,16,18). The topological polar surface area (TPSA) is 73.1 Å². The predicted molar refractivity (Wildman–Crippen MR) is 73.9 cm³/mol. The summed E-state index contributed by atoms with van der Waals surface area (Å²) >= 11 is 0. The molecule has 0 atom stereocenters. The lowest BCUT2D eigenvalue weighted by Crippen LogP contribution is -2.06. The third-order valence-electron chi connectivity index (χ3n) is 2.82. The van der Waals surface area contributed by atoms with Crippen LogP contribution in [0.1, 0.15) is 19.8 Å². The van der Waals surface area contributed by atoms with Crippen molar-refractivity contribution in [1.82, 2.24) is 9.97 Å². The highest BCUT2D eigenvalue weighted by Crippen LogP contribution is 2.32. The molecule has 5 nitrogen and oxygen atoms in total. The number of anilines is 2. The highest BCUT2D eigenvalue weighted by Gasteiger charge is 2.14. The van der Waals surface area contributed by atoms with E-state index in [1.165, 1.54) is 13.2 Å². The van der Waals surface area contributed by atoms with Gasteiger partial charge in [-0.3, -0.25) is 0 Å². The highest BCUT2D eigenvalue weighted by molar-refractivity contribution is 5.97. The first-order valence-corrected chi connectivity index (χ1v) is 6.20. The molecule has 0 aliphatic rings. The SMILES string of the molecule is CCCCNc1nc(N)cc2c(F)cnc(OC)c12. The zero-order chi connectivity index (χ0) is 13.8. The van der Waals surface area contributed by atoms with Crippen LogP contribution in [-0.4, -0.2) is 23.6 Å². The second kappa shape index (κ2) is 5.69. The molecule has 2 rings (SSSR count). The van der Waals surface area contributed by atoms with Crippen LogP contribution in [0.3, 0.4) is 0 Å². The number of rotatable bonds is 5. The van der Waals surface area contributed by atoms with Gasteiger partial charge in [0.05, 0.1) is 18.7 Å². The fourth-order valence-corrected chi connectivity index (χ4v) is 1.89. The number of nitrogens with two attached hydrogens (primary N) is 1. The molecular weight excluding hydrogens is 247 g/mol. The van der Waals surface area contributed by atoms with Gasteiger partial charge in [0.15, 0.2) is 0 Å². The molecule has 0 radical (unpaired) electrons. The summed E-state index contributed by atoms with van der Waals surface area (Å²) in [6.07, 6.45) is 3.16. The van der Waals surface area contributed by atoms with Crippen LogP contribution in [-0.2, 0) is 0 Å². The highest BCUT2D eigenvalue weighted by atomic mass is 19.1. The number of nitrogens with zero attached hydrogens (tertiary/aromatic N) is 2. The van der Waals surface area contributed by atoms with E-state index in [2.05, 4.69) is 22.2 Å². The third-order valence-corrected chi connectivity index (χ3v) is 2.82. The van der Waals surface area contributed by atoms with E-state index < -0.39 is 5.82 Å². The molecule has 0 saturated heterocycles. The molecule has 0 unspecified atom stereocenters. The van der Waals surface area contributed by atoms with E-state index >= 15 is 0 Å². The molecule has 19 heavy (non-hydrogen) atoms. The second-order valence-corrected chi connectivity index (χ2v) is 4.21. The Kier molecular flexibility index (Phi) is 3.99. The van der Waals surface area contributed by atoms with Crippen molar-refractivity contribution < 1.29 is 9.13 Å². The molecule has 2 aromatic rings. The molecule has 0 bridgehead atoms. The number of pyridine rings is 2. The maximum atomic E-state index is 13.8. The maximum Gasteiger partial charge on any atom is 0.225 e. The summed E-state index contributed by atoms with van der Waals surface area (Å²) in [5.41, 5.74) is 5.71. The average molecular weight is 264 g/mol. The normalized spacial score (nSPS) is 10.7. The lowest BCUT2D eigenvalue weighted by atomic mass is 10.2. The number of fused-ring (bicyclic) bond motifs is 1. The first-order chi connectivity index (χ1) is 9.17. The Morgan fingerprint density at radius 1 is 1.47 bits per heavy atom. The number of ether oxygens (including phenoxy) is 1. The zero-order valence-corrected chi connectivity index (χ0v) is 11.0. The van der Waals surface area contributed by atoms with Gasteiger partial charge in [-0.2, -0.15) is 0 Å². The smallest absolute Gasteiger partial charge is 0.225 e. The van der Waals surface area contributed by atoms with Crippen molar-refractivity contribution in [2.75, 3.05) is 24.7 Å². The summed E-state index contributed by atoms with van der Waals surface area (Å²) in [5.74, 6) is 0.664. The van der Waals surface area contributed by atoms with Crippen molar-refractivity contribution in [1.29, 1.82) is 0 Å². The molecule has 0 aliphatic heterocycles. The van der Waals surface area contributed by atoms with E-state index in [0.717, 1.165) is 25.6 Å². The van der Waals surface area contributed by atoms with E-state index in [1.807, 2.05) is 0 Å². The molecule has 0 fully saturated rings. The van der Waals surface area contributed by atoms with E-state index in [4.69, 9.17) is 10.5 Å². The molecule has 0 aromatic carbocycles. The average Bonchev–Trinajstić information content (AvgIpc) is 2.40. The summed E-state index contributed by atoms with van der Waals surface area (Å²) in [6, 6.07) is 1.49. The molecular formula is C13H17FN4O. The third kappa shape index (κ3) is 2.67. The molecule has 2 aromatic heterocycles. The first kappa shape index (κ1) is 13.3. The minimum absolute atomic E-state index is 0.263. The molecule has 0 saturated carbocycles. The van der Waals surface area contributed by atoms with Crippen LogP contribution in [0.5, 0.6) is 5.88 Å². The van der Waals surface area contributed by atoms with Crippen LogP contribution >= 0.6 is 0 Å². The van der Waals surface area contributed by atoms with Crippen molar-refractivity contribution >= 4 is 22.4 Å². The van der Waals surface area contributed by atoms with Gasteiger partial charge in [-0.25, -0.2) is 14.4 Å². The Morgan fingerprint density at radius 2 is 2.26 bits per heavy atom. The number of halogens is 1. The summed E-state index contributed by atoms with van der Waals surface area (Å²) in [6.45, 7) is 2.83. The molecule has 0 aliphatic carbocycles. The lowest BCUT2D eigenvalue weighted by molar-refractivity contribution is 0.402. The van der Waals surface area contributed by atoms with Gasteiger partial charge in [-0.05, 0) is 12.5 Å². The van der Waals surface area contributed by atoms with Crippen molar-refractivity contribution in [3.8, 4) is 5.88 Å². The quantitative estimate of drug-likeness (QED) is 0.812. The molecule has 0 spiro atoms. The van der Waals surface area contributed by atoms with E-state index in [9.17, 15) is 4.39 Å². The Bertz CT molecular complexity index is 588. The van der Waals surface area contributed by atoms with Crippen LogP contribution in [0.15, 0.2) is 12.3 Å². The molecule has 3 N–H and O–H groups in total. The number of aromatic nitrogens is 2. The fraction of sp³-hybridized carbons (Fsp3) is 0.385. The molecule has 102 valence electrons. The van der Waals surface area contributed by atoms with Crippen LogP contribution in [0.4, 0.5) is 16.0 Å². The van der Waals surface area contributed by atoms with Gasteiger partial charge in [-0.1, -0.05) is 13.3 Å². The van der Waals surface area contributed by atoms with Gasteiger partial charge >= 0.3 is 0 Å². The lowest BCUT2D eigenvalue weighted by Gasteiger charge is -2.12. The summed E-state index contributed by atoms with van der Waals surface area (Å²) in [4.78, 5) is 8.13. The minimum Gasteiger partial charge on any atom is -0.480 e. The van der Waals surface area contributed by atoms with Crippen molar-refractivity contribution in [3.05, 3.63) is 18.1 Å². The van der Waals surface area contributed by atoms with Crippen LogP contribution < -0.4 is 15.8 Å². The number of nitrogen functional groups attached to an aromatic ring is 1. The second-order valence-electron chi connectivity index (χ2n) is 4.21. The Morgan fingerprint density at radius 3 is 2.95 bits per heavy atom. The van der Waals surface area contributed by atoms with Crippen molar-refractivity contribution in [2.24, 2.45) is 0 Å². The number of methoxy groups -OCH3 is 1. The van der Waals surface area contributed by atoms with E-state index in [-0.39, 0.29) is 5.82 Å². The Balaban J connectivity index is 2.57. The van der Waals surface area contributed by atoms with E-state index in [0.29, 0.717) is 22.5 Å². The first-order valence-electron chi connectivity index (χ1n) is 6.20. The number of unbranched alkanes of at least 4 members (excludes halogenated alkanes) is 1. The predicted octanol–water partition coefficient (Wildman–Crippen LogP) is 2.57. The van der Waals surface area contributed by atoms with Crippen molar-refractivity contribution in [3.63, 3.8) is 0 Å². The summed E-state index contributed by atoms with van der Waals surface area (Å²) in [5, 5.41) is 4.03. The Labute approximate surface area is 111 Å². The monoisotopic (exact) mass is 264 g/mol. The van der Waals surface area contributed by atoms with Gasteiger partial charge < -0.3 is 15.8 Å². The summed E-state index contributed by atoms with van der Waals surface area (Å²) in [7, 11) is 1.49. The van der Waals surface area contributed by atoms with Crippen LogP contribution in [0.25, 0.3) is 10.8 Å². The van der Waals surface area contributed by atoms with Gasteiger partial charge in [0.25, 0.3) is 0 Å². The molecule has 0 amide bonds. The van der Waals surface area contributed by atoms with Gasteiger partial charge in [0.1, 0.15) is 17.5 Å². The van der Waals surface area contributed by atoms with Gasteiger partial charge in [0, 0.05) is 11.9 Å². The largest absolute Gasteiger partial charge is 0.480 e. The van der Waals surface area contributed by atoms with Gasteiger partial charge in [-0.15, -0.1) is 0 Å². The maximum absolute atomic E-state index is 13.8. The van der Waals surface area contributed by atoms with Gasteiger partial charge in [0.2, 0.25) is 5.88 Å². The minimum atomic E-state index is -0.441. The molecule has 6 heteroatoms. The van der Waals surface area contributed by atoms with E-state index in [1.54, 1.807) is 0 Å². The summed E-state index contributed by atoms with van der Waals surface area (Å²) < 4.78 is 19.0. The Hall–Kier alpha value is -2.11. The zero-order valence-electron chi connectivity index (χ0n) is 11.0. The number of hydrogen-bond acceptors (Lipinski definition) is 5. The number of hydrogen-bond donors (Lipinski definition) is 2. The fourth-order valence-electron chi connectivity index (χ4n) is 1.89. The molecule has 2 heterocycles. The van der Waals surface area contributed by atoms with Crippen molar-refractivity contribution in [2.45, 2.75) is 19.8 Å². The van der Waals surface area contributed by atoms with Crippen LogP contribution in [0, 0.1) is 5.82 Å². The number of nitrogens with one attached hydrogen (secondary N) is 1. The van der Waals surface area contributed by atoms with Crippen LogP contribution in [0.2, 0.25) is 0 Å².